The Bertz CT molecular complexity index is 90.4. The maximum Gasteiger partial charge on any atom is 0.0920 e. The molecule has 0 rings (SSSR count). The first-order valence-electron chi connectivity index (χ1n) is 4.00. The predicted octanol–water partition coefficient (Wildman–Crippen LogP) is 1.02. The molecule has 74 valence electrons. The number of hydrogen-bond acceptors (Lipinski definition) is 3. The molecule has 0 spiro atoms. The molecule has 0 fully saturated rings. The van der Waals surface area contributed by atoms with Crippen LogP contribution in [0.15, 0.2) is 0 Å². The highest BCUT2D eigenvalue weighted by atomic mass is 19.1. The van der Waals surface area contributed by atoms with Crippen LogP contribution in [0.3, 0.4) is 0 Å². The van der Waals surface area contributed by atoms with E-state index >= 15 is 0 Å². The average molecular weight is 180 g/mol. The van der Waals surface area contributed by atoms with Crippen LogP contribution in [0.4, 0.5) is 4.39 Å². The van der Waals surface area contributed by atoms with Crippen LogP contribution in [0, 0.1) is 0 Å². The summed E-state index contributed by atoms with van der Waals surface area (Å²) in [6.07, 6.45) is 0.260. The van der Waals surface area contributed by atoms with E-state index in [9.17, 15) is 4.39 Å². The van der Waals surface area contributed by atoms with Crippen molar-refractivity contribution in [3.8, 4) is 0 Å². The molecule has 4 heteroatoms. The molecule has 0 aromatic heterocycles. The van der Waals surface area contributed by atoms with Crippen molar-refractivity contribution in [2.45, 2.75) is 12.5 Å². The normalized spacial score (nSPS) is 13.2. The van der Waals surface area contributed by atoms with Gasteiger partial charge < -0.3 is 14.2 Å². The van der Waals surface area contributed by atoms with Gasteiger partial charge in [-0.25, -0.2) is 0 Å². The summed E-state index contributed by atoms with van der Waals surface area (Å²) in [6.45, 7) is 1.16. The van der Waals surface area contributed by atoms with Crippen LogP contribution in [0.1, 0.15) is 6.42 Å². The van der Waals surface area contributed by atoms with Crippen molar-refractivity contribution >= 4 is 0 Å². The minimum absolute atomic E-state index is 0.133. The fourth-order valence-corrected chi connectivity index (χ4v) is 0.748. The maximum absolute atomic E-state index is 11.8. The summed E-state index contributed by atoms with van der Waals surface area (Å²) in [5.74, 6) is 0. The zero-order valence-electron chi connectivity index (χ0n) is 7.72. The number of rotatable bonds is 8. The summed E-state index contributed by atoms with van der Waals surface area (Å²) >= 11 is 0. The Morgan fingerprint density at radius 1 is 1.25 bits per heavy atom. The molecule has 1 unspecified atom stereocenters. The Kier molecular flexibility index (Phi) is 8.76. The summed E-state index contributed by atoms with van der Waals surface area (Å²) in [6, 6.07) is 0. The lowest BCUT2D eigenvalue weighted by Gasteiger charge is -2.13. The van der Waals surface area contributed by atoms with Gasteiger partial charge in [0.15, 0.2) is 0 Å². The van der Waals surface area contributed by atoms with Gasteiger partial charge in [-0.1, -0.05) is 0 Å². The van der Waals surface area contributed by atoms with Crippen molar-refractivity contribution in [1.29, 1.82) is 0 Å². The molecule has 0 amide bonds. The van der Waals surface area contributed by atoms with E-state index in [4.69, 9.17) is 14.2 Å². The Hall–Kier alpha value is -0.190. The fraction of sp³-hybridized carbons (Fsp3) is 1.00. The van der Waals surface area contributed by atoms with Gasteiger partial charge in [-0.2, -0.15) is 0 Å². The largest absolute Gasteiger partial charge is 0.382 e. The van der Waals surface area contributed by atoms with Gasteiger partial charge in [0, 0.05) is 20.6 Å². The summed E-state index contributed by atoms with van der Waals surface area (Å²) in [4.78, 5) is 0. The van der Waals surface area contributed by atoms with Gasteiger partial charge in [0.1, 0.15) is 0 Å². The maximum atomic E-state index is 11.8. The fourth-order valence-electron chi connectivity index (χ4n) is 0.748. The van der Waals surface area contributed by atoms with Crippen molar-refractivity contribution in [3.63, 3.8) is 0 Å². The summed E-state index contributed by atoms with van der Waals surface area (Å²) < 4.78 is 26.8. The van der Waals surface area contributed by atoms with Crippen LogP contribution in [-0.4, -0.2) is 46.8 Å². The number of hydrogen-bond donors (Lipinski definition) is 0. The first-order valence-corrected chi connectivity index (χ1v) is 4.00. The third-order valence-electron chi connectivity index (χ3n) is 1.50. The minimum atomic E-state index is -0.369. The molecule has 0 aliphatic heterocycles. The number of methoxy groups -OCH3 is 2. The molecule has 12 heavy (non-hydrogen) atoms. The molecule has 0 saturated carbocycles. The molecule has 0 N–H and O–H groups in total. The average Bonchev–Trinajstić information content (AvgIpc) is 2.10. The van der Waals surface area contributed by atoms with E-state index < -0.39 is 0 Å². The molecule has 0 aromatic rings. The lowest BCUT2D eigenvalue weighted by atomic mass is 10.3. The van der Waals surface area contributed by atoms with Crippen LogP contribution in [0.25, 0.3) is 0 Å². The zero-order valence-corrected chi connectivity index (χ0v) is 7.72. The second kappa shape index (κ2) is 8.90. The first kappa shape index (κ1) is 11.8. The summed E-state index contributed by atoms with van der Waals surface area (Å²) in [7, 11) is 3.17. The third-order valence-corrected chi connectivity index (χ3v) is 1.50. The van der Waals surface area contributed by atoms with Crippen molar-refractivity contribution < 1.29 is 18.6 Å². The molecule has 0 aliphatic rings. The Balaban J connectivity index is 3.19. The van der Waals surface area contributed by atoms with Crippen molar-refractivity contribution in [2.24, 2.45) is 0 Å². The second-order valence-corrected chi connectivity index (χ2v) is 2.40. The highest BCUT2D eigenvalue weighted by Gasteiger charge is 2.06. The van der Waals surface area contributed by atoms with Gasteiger partial charge in [-0.3, -0.25) is 4.39 Å². The Morgan fingerprint density at radius 3 is 2.50 bits per heavy atom. The van der Waals surface area contributed by atoms with E-state index in [-0.39, 0.29) is 12.8 Å². The topological polar surface area (TPSA) is 27.7 Å². The lowest BCUT2D eigenvalue weighted by Crippen LogP contribution is -2.20. The lowest BCUT2D eigenvalue weighted by molar-refractivity contribution is -0.0125. The molecular formula is C8H17FO3. The third kappa shape index (κ3) is 6.52. The standard InChI is InChI=1S/C8H17FO3/c1-10-5-6-12-7-8(11-2)3-4-9/h8H,3-7H2,1-2H3. The van der Waals surface area contributed by atoms with Crippen LogP contribution < -0.4 is 0 Å². The number of ether oxygens (including phenoxy) is 3. The van der Waals surface area contributed by atoms with E-state index in [1.807, 2.05) is 0 Å². The minimum Gasteiger partial charge on any atom is -0.382 e. The van der Waals surface area contributed by atoms with Gasteiger partial charge in [0.25, 0.3) is 0 Å². The Labute approximate surface area is 72.8 Å². The molecule has 0 bridgehead atoms. The molecule has 0 radical (unpaired) electrons. The molecule has 1 atom stereocenters. The van der Waals surface area contributed by atoms with Gasteiger partial charge >= 0.3 is 0 Å². The molecule has 0 saturated heterocycles. The second-order valence-electron chi connectivity index (χ2n) is 2.40. The van der Waals surface area contributed by atoms with E-state index in [1.165, 1.54) is 0 Å². The van der Waals surface area contributed by atoms with Gasteiger partial charge in [-0.15, -0.1) is 0 Å². The van der Waals surface area contributed by atoms with Crippen LogP contribution in [0.5, 0.6) is 0 Å². The SMILES string of the molecule is COCCOCC(CCF)OC. The van der Waals surface area contributed by atoms with Crippen molar-refractivity contribution in [3.05, 3.63) is 0 Å². The Morgan fingerprint density at radius 2 is 2.00 bits per heavy atom. The predicted molar refractivity (Wildman–Crippen MR) is 44.1 cm³/mol. The highest BCUT2D eigenvalue weighted by molar-refractivity contribution is 4.54. The molecule has 3 nitrogen and oxygen atoms in total. The van der Waals surface area contributed by atoms with Crippen LogP contribution in [-0.2, 0) is 14.2 Å². The quantitative estimate of drug-likeness (QED) is 0.522. The monoisotopic (exact) mass is 180 g/mol. The number of alkyl halides is 1. The van der Waals surface area contributed by atoms with Gasteiger partial charge in [0.05, 0.1) is 32.6 Å². The molecular weight excluding hydrogens is 163 g/mol. The van der Waals surface area contributed by atoms with E-state index in [2.05, 4.69) is 0 Å². The number of halogens is 1. The van der Waals surface area contributed by atoms with E-state index in [0.29, 0.717) is 26.2 Å². The van der Waals surface area contributed by atoms with Gasteiger partial charge in [-0.05, 0) is 0 Å². The van der Waals surface area contributed by atoms with Gasteiger partial charge in [0.2, 0.25) is 0 Å². The first-order chi connectivity index (χ1) is 5.85. The van der Waals surface area contributed by atoms with Crippen LogP contribution in [0.2, 0.25) is 0 Å². The summed E-state index contributed by atoms with van der Waals surface area (Å²) in [5.41, 5.74) is 0. The molecule has 0 heterocycles. The van der Waals surface area contributed by atoms with Crippen LogP contribution >= 0.6 is 0 Å². The summed E-state index contributed by atoms with van der Waals surface area (Å²) in [5, 5.41) is 0. The molecule has 0 aromatic carbocycles. The van der Waals surface area contributed by atoms with E-state index in [1.54, 1.807) is 14.2 Å². The zero-order chi connectivity index (χ0) is 9.23. The van der Waals surface area contributed by atoms with E-state index in [0.717, 1.165) is 0 Å². The smallest absolute Gasteiger partial charge is 0.0920 e. The molecule has 0 aliphatic carbocycles. The van der Waals surface area contributed by atoms with Crippen molar-refractivity contribution in [1.82, 2.24) is 0 Å². The highest BCUT2D eigenvalue weighted by Crippen LogP contribution is 1.98. The van der Waals surface area contributed by atoms with Crippen molar-refractivity contribution in [2.75, 3.05) is 40.7 Å².